The van der Waals surface area contributed by atoms with Crippen LogP contribution in [0.15, 0.2) is 71.3 Å². The summed E-state index contributed by atoms with van der Waals surface area (Å²) in [5, 5.41) is 7.29. The quantitative estimate of drug-likeness (QED) is 0.589. The molecule has 1 aromatic heterocycles. The predicted molar refractivity (Wildman–Crippen MR) is 121 cm³/mol. The van der Waals surface area contributed by atoms with Crippen LogP contribution in [0.3, 0.4) is 0 Å². The maximum absolute atomic E-state index is 12.8. The van der Waals surface area contributed by atoms with Crippen molar-refractivity contribution in [2.75, 3.05) is 37.6 Å². The predicted octanol–water partition coefficient (Wildman–Crippen LogP) is 2.28. The summed E-state index contributed by atoms with van der Waals surface area (Å²) in [7, 11) is 0. The van der Waals surface area contributed by atoms with Gasteiger partial charge in [-0.05, 0) is 28.8 Å². The Bertz CT molecular complexity index is 1120. The number of anilines is 1. The number of aromatic nitrogens is 3. The molecule has 0 saturated carbocycles. The van der Waals surface area contributed by atoms with Gasteiger partial charge in [0, 0.05) is 44.0 Å². The van der Waals surface area contributed by atoms with Crippen LogP contribution < -0.4 is 21.6 Å². The summed E-state index contributed by atoms with van der Waals surface area (Å²) in [4.78, 5) is 14.8. The van der Waals surface area contributed by atoms with E-state index in [1.165, 1.54) is 16.6 Å². The first kappa shape index (κ1) is 21.9. The molecule has 168 valence electrons. The van der Waals surface area contributed by atoms with Gasteiger partial charge in [0.2, 0.25) is 0 Å². The monoisotopic (exact) mass is 440 g/mol. The minimum Gasteiger partial charge on any atom is -0.369 e. The van der Waals surface area contributed by atoms with Gasteiger partial charge in [0.25, 0.3) is 6.08 Å². The van der Waals surface area contributed by atoms with Gasteiger partial charge in [-0.3, -0.25) is 4.57 Å². The molecule has 0 bridgehead atoms. The van der Waals surface area contributed by atoms with Crippen LogP contribution in [-0.4, -0.2) is 47.1 Å². The number of benzene rings is 2. The zero-order valence-electron chi connectivity index (χ0n) is 17.7. The van der Waals surface area contributed by atoms with Crippen LogP contribution in [0.1, 0.15) is 5.56 Å². The number of nitrogens with two attached hydrogens (primary N) is 1. The Kier molecular flexibility index (Phi) is 6.77. The number of nitrogens with zero attached hydrogens (tertiary/aromatic N) is 4. The Hall–Kier alpha value is -3.30. The lowest BCUT2D eigenvalue weighted by Gasteiger charge is -2.29. The number of halogens is 2. The Balaban J connectivity index is 1.43. The molecule has 7 nitrogen and oxygen atoms in total. The molecule has 1 fully saturated rings. The molecule has 2 aromatic carbocycles. The third kappa shape index (κ3) is 4.95. The van der Waals surface area contributed by atoms with Crippen LogP contribution in [0.2, 0.25) is 0 Å². The number of hydrogen-bond donors (Lipinski definition) is 2. The van der Waals surface area contributed by atoms with E-state index in [4.69, 9.17) is 5.73 Å². The first-order valence-corrected chi connectivity index (χ1v) is 10.6. The van der Waals surface area contributed by atoms with Gasteiger partial charge >= 0.3 is 5.69 Å². The van der Waals surface area contributed by atoms with Crippen molar-refractivity contribution in [1.82, 2.24) is 19.7 Å². The minimum absolute atomic E-state index is 0.301. The summed E-state index contributed by atoms with van der Waals surface area (Å²) in [6.07, 6.45) is -0.513. The van der Waals surface area contributed by atoms with Crippen LogP contribution >= 0.6 is 0 Å². The lowest BCUT2D eigenvalue weighted by atomic mass is 10.0. The smallest absolute Gasteiger partial charge is 0.346 e. The highest BCUT2D eigenvalue weighted by atomic mass is 19.3. The molecule has 4 rings (SSSR count). The molecular formula is C23H26F2N6O. The lowest BCUT2D eigenvalue weighted by Crippen LogP contribution is -2.43. The molecule has 1 saturated heterocycles. The summed E-state index contributed by atoms with van der Waals surface area (Å²) in [5.41, 5.74) is 8.91. The first-order chi connectivity index (χ1) is 15.5. The Morgan fingerprint density at radius 1 is 1.00 bits per heavy atom. The third-order valence-corrected chi connectivity index (χ3v) is 5.64. The van der Waals surface area contributed by atoms with Crippen LogP contribution in [0.5, 0.6) is 0 Å². The van der Waals surface area contributed by atoms with Crippen LogP contribution in [-0.2, 0) is 13.1 Å². The summed E-state index contributed by atoms with van der Waals surface area (Å²) in [6.45, 7) is 3.70. The van der Waals surface area contributed by atoms with E-state index in [-0.39, 0.29) is 18.7 Å². The Morgan fingerprint density at radius 3 is 2.22 bits per heavy atom. The number of rotatable bonds is 7. The van der Waals surface area contributed by atoms with E-state index in [2.05, 4.69) is 39.6 Å². The Morgan fingerprint density at radius 2 is 1.62 bits per heavy atom. The largest absolute Gasteiger partial charge is 0.369 e. The highest BCUT2D eigenvalue weighted by molar-refractivity contribution is 5.66. The normalized spacial score (nSPS) is 13.9. The van der Waals surface area contributed by atoms with Gasteiger partial charge in [-0.2, -0.15) is 13.9 Å². The van der Waals surface area contributed by atoms with E-state index >= 15 is 0 Å². The van der Waals surface area contributed by atoms with Gasteiger partial charge in [-0.25, -0.2) is 9.48 Å². The third-order valence-electron chi connectivity index (χ3n) is 5.64. The molecule has 0 aliphatic carbocycles. The second-order valence-corrected chi connectivity index (χ2v) is 7.75. The molecule has 3 N–H and O–H groups in total. The fourth-order valence-corrected chi connectivity index (χ4v) is 3.76. The molecule has 0 radical (unpaired) electrons. The maximum Gasteiger partial charge on any atom is 0.346 e. The Labute approximate surface area is 184 Å². The van der Waals surface area contributed by atoms with Crippen LogP contribution in [0.4, 0.5) is 14.5 Å². The summed E-state index contributed by atoms with van der Waals surface area (Å²) in [5.74, 6) is 0. The molecule has 0 unspecified atom stereocenters. The minimum atomic E-state index is -1.87. The first-order valence-electron chi connectivity index (χ1n) is 10.6. The average molecular weight is 440 g/mol. The molecule has 0 atom stereocenters. The molecule has 1 aliphatic heterocycles. The molecule has 0 spiro atoms. The van der Waals surface area contributed by atoms with Crippen molar-refractivity contribution < 1.29 is 8.78 Å². The van der Waals surface area contributed by atoms with E-state index in [1.807, 2.05) is 24.3 Å². The SMILES string of the molecule is NCC(Cn1ncn(Cc2ccc(-c3ccc(N4CCNCC4)cc3)cc2)c1=O)=C(F)F. The van der Waals surface area contributed by atoms with Gasteiger partial charge in [-0.15, -0.1) is 0 Å². The zero-order chi connectivity index (χ0) is 22.5. The molecule has 3 aromatic rings. The van der Waals surface area contributed by atoms with E-state index < -0.39 is 11.8 Å². The fraction of sp³-hybridized carbons (Fsp3) is 0.304. The van der Waals surface area contributed by atoms with E-state index in [0.717, 1.165) is 47.6 Å². The van der Waals surface area contributed by atoms with Crippen molar-refractivity contribution in [1.29, 1.82) is 0 Å². The van der Waals surface area contributed by atoms with Crippen LogP contribution in [0, 0.1) is 0 Å². The topological polar surface area (TPSA) is 81.1 Å². The van der Waals surface area contributed by atoms with Gasteiger partial charge < -0.3 is 16.0 Å². The van der Waals surface area contributed by atoms with Crippen molar-refractivity contribution in [2.45, 2.75) is 13.1 Å². The van der Waals surface area contributed by atoms with Crippen molar-refractivity contribution >= 4 is 5.69 Å². The summed E-state index contributed by atoms with van der Waals surface area (Å²) in [6, 6.07) is 16.5. The van der Waals surface area contributed by atoms with Gasteiger partial charge in [-0.1, -0.05) is 36.4 Å². The highest BCUT2D eigenvalue weighted by Gasteiger charge is 2.12. The van der Waals surface area contributed by atoms with E-state index in [9.17, 15) is 13.6 Å². The molecule has 1 aliphatic rings. The van der Waals surface area contributed by atoms with Crippen molar-refractivity contribution in [3.8, 4) is 11.1 Å². The zero-order valence-corrected chi connectivity index (χ0v) is 17.7. The fourth-order valence-electron chi connectivity index (χ4n) is 3.76. The van der Waals surface area contributed by atoms with E-state index in [0.29, 0.717) is 6.54 Å². The summed E-state index contributed by atoms with van der Waals surface area (Å²) < 4.78 is 28.0. The molecule has 2 heterocycles. The molecule has 9 heteroatoms. The highest BCUT2D eigenvalue weighted by Crippen LogP contribution is 2.24. The molecular weight excluding hydrogens is 414 g/mol. The molecule has 0 amide bonds. The van der Waals surface area contributed by atoms with Gasteiger partial charge in [0.15, 0.2) is 0 Å². The maximum atomic E-state index is 12.8. The number of nitrogens with one attached hydrogen (secondary N) is 1. The second-order valence-electron chi connectivity index (χ2n) is 7.75. The lowest BCUT2D eigenvalue weighted by molar-refractivity contribution is 0.400. The second kappa shape index (κ2) is 9.88. The van der Waals surface area contributed by atoms with Crippen molar-refractivity contribution in [2.24, 2.45) is 5.73 Å². The van der Waals surface area contributed by atoms with E-state index in [1.54, 1.807) is 0 Å². The molecule has 32 heavy (non-hydrogen) atoms. The van der Waals surface area contributed by atoms with Crippen molar-refractivity contribution in [3.05, 3.63) is 82.6 Å². The van der Waals surface area contributed by atoms with Crippen molar-refractivity contribution in [3.63, 3.8) is 0 Å². The number of hydrogen-bond acceptors (Lipinski definition) is 5. The standard InChI is InChI=1S/C23H26F2N6O/c24-22(25)20(13-26)15-31-23(32)30(16-28-31)14-17-1-3-18(4-2-17)19-5-7-21(8-6-19)29-11-9-27-10-12-29/h1-8,16,27H,9-15,26H2. The van der Waals surface area contributed by atoms with Gasteiger partial charge in [0.05, 0.1) is 13.1 Å². The number of piperazine rings is 1. The average Bonchev–Trinajstić information content (AvgIpc) is 3.17. The van der Waals surface area contributed by atoms with Gasteiger partial charge in [0.1, 0.15) is 6.33 Å². The summed E-state index contributed by atoms with van der Waals surface area (Å²) >= 11 is 0. The van der Waals surface area contributed by atoms with Crippen LogP contribution in [0.25, 0.3) is 11.1 Å².